The van der Waals surface area contributed by atoms with E-state index in [9.17, 15) is 4.79 Å². The third-order valence-corrected chi connectivity index (χ3v) is 3.26. The third-order valence-electron chi connectivity index (χ3n) is 2.33. The zero-order valence-corrected chi connectivity index (χ0v) is 10.7. The lowest BCUT2D eigenvalue weighted by atomic mass is 10.2. The van der Waals surface area contributed by atoms with E-state index < -0.39 is 0 Å². The minimum absolute atomic E-state index is 0.381. The SMILES string of the molecule is COC(=O)c1ccccc1Nc1ncc(CN)s1. The number of nitrogens with one attached hydrogen (secondary N) is 1. The normalized spacial score (nSPS) is 10.1. The lowest BCUT2D eigenvalue weighted by Gasteiger charge is -2.07. The first kappa shape index (κ1) is 12.5. The van der Waals surface area contributed by atoms with Crippen molar-refractivity contribution >= 4 is 28.1 Å². The molecular formula is C12H13N3O2S. The minimum atomic E-state index is -0.381. The fraction of sp³-hybridized carbons (Fsp3) is 0.167. The first-order valence-corrected chi connectivity index (χ1v) is 6.15. The monoisotopic (exact) mass is 263 g/mol. The third kappa shape index (κ3) is 2.66. The van der Waals surface area contributed by atoms with Crippen molar-refractivity contribution in [1.82, 2.24) is 4.98 Å². The van der Waals surface area contributed by atoms with Gasteiger partial charge in [0.2, 0.25) is 0 Å². The fourth-order valence-corrected chi connectivity index (χ4v) is 2.16. The number of nitrogens with two attached hydrogens (primary N) is 1. The molecule has 3 N–H and O–H groups in total. The summed E-state index contributed by atoms with van der Waals surface area (Å²) in [7, 11) is 1.36. The molecule has 5 nitrogen and oxygen atoms in total. The Kier molecular flexibility index (Phi) is 3.91. The maximum atomic E-state index is 11.6. The van der Waals surface area contributed by atoms with Crippen LogP contribution in [0.5, 0.6) is 0 Å². The smallest absolute Gasteiger partial charge is 0.339 e. The number of hydrogen-bond acceptors (Lipinski definition) is 6. The Morgan fingerprint density at radius 1 is 1.50 bits per heavy atom. The summed E-state index contributed by atoms with van der Waals surface area (Å²) in [6.07, 6.45) is 1.72. The number of carbonyl (C=O) groups is 1. The second-order valence-corrected chi connectivity index (χ2v) is 4.61. The maximum absolute atomic E-state index is 11.6. The fourth-order valence-electron chi connectivity index (χ4n) is 1.45. The van der Waals surface area contributed by atoms with Crippen LogP contribution in [0.25, 0.3) is 0 Å². The Morgan fingerprint density at radius 3 is 2.94 bits per heavy atom. The molecule has 0 aliphatic heterocycles. The number of hydrogen-bond donors (Lipinski definition) is 2. The van der Waals surface area contributed by atoms with Crippen molar-refractivity contribution in [2.24, 2.45) is 5.73 Å². The molecule has 0 bridgehead atoms. The number of esters is 1. The van der Waals surface area contributed by atoms with Gasteiger partial charge < -0.3 is 15.8 Å². The molecule has 94 valence electrons. The first-order chi connectivity index (χ1) is 8.74. The summed E-state index contributed by atoms with van der Waals surface area (Å²) in [6, 6.07) is 7.12. The lowest BCUT2D eigenvalue weighted by Crippen LogP contribution is -2.05. The van der Waals surface area contributed by atoms with Gasteiger partial charge in [0, 0.05) is 17.6 Å². The van der Waals surface area contributed by atoms with Gasteiger partial charge in [-0.2, -0.15) is 0 Å². The molecule has 0 amide bonds. The van der Waals surface area contributed by atoms with Gasteiger partial charge in [-0.15, -0.1) is 11.3 Å². The zero-order chi connectivity index (χ0) is 13.0. The molecule has 0 saturated carbocycles. The summed E-state index contributed by atoms with van der Waals surface area (Å²) in [6.45, 7) is 0.456. The largest absolute Gasteiger partial charge is 0.465 e. The van der Waals surface area contributed by atoms with Gasteiger partial charge in [0.1, 0.15) is 0 Å². The van der Waals surface area contributed by atoms with E-state index in [-0.39, 0.29) is 5.97 Å². The maximum Gasteiger partial charge on any atom is 0.339 e. The van der Waals surface area contributed by atoms with Crippen LogP contribution in [-0.2, 0) is 11.3 Å². The molecule has 0 aliphatic carbocycles. The lowest BCUT2D eigenvalue weighted by molar-refractivity contribution is 0.0602. The Bertz CT molecular complexity index is 554. The predicted molar refractivity (Wildman–Crippen MR) is 71.1 cm³/mol. The van der Waals surface area contributed by atoms with Crippen LogP contribution in [0.3, 0.4) is 0 Å². The van der Waals surface area contributed by atoms with Crippen LogP contribution in [0, 0.1) is 0 Å². The van der Waals surface area contributed by atoms with Crippen molar-refractivity contribution in [3.05, 3.63) is 40.9 Å². The van der Waals surface area contributed by atoms with E-state index >= 15 is 0 Å². The summed E-state index contributed by atoms with van der Waals surface area (Å²) in [4.78, 5) is 16.8. The van der Waals surface area contributed by atoms with E-state index in [0.29, 0.717) is 22.9 Å². The van der Waals surface area contributed by atoms with Crippen LogP contribution in [0.1, 0.15) is 15.2 Å². The summed E-state index contributed by atoms with van der Waals surface area (Å²) < 4.78 is 4.73. The molecule has 2 rings (SSSR count). The number of para-hydroxylation sites is 1. The standard InChI is InChI=1S/C12H13N3O2S/c1-17-11(16)9-4-2-3-5-10(9)15-12-14-7-8(6-13)18-12/h2-5,7H,6,13H2,1H3,(H,14,15). The highest BCUT2D eigenvalue weighted by Gasteiger charge is 2.12. The van der Waals surface area contributed by atoms with Gasteiger partial charge in [-0.1, -0.05) is 12.1 Å². The molecule has 1 aromatic heterocycles. The molecule has 18 heavy (non-hydrogen) atoms. The van der Waals surface area contributed by atoms with Gasteiger partial charge >= 0.3 is 5.97 Å². The average Bonchev–Trinajstić information content (AvgIpc) is 2.86. The van der Waals surface area contributed by atoms with Gasteiger partial charge in [-0.05, 0) is 12.1 Å². The molecule has 2 aromatic rings. The van der Waals surface area contributed by atoms with Gasteiger partial charge in [-0.3, -0.25) is 0 Å². The van der Waals surface area contributed by atoms with Crippen molar-refractivity contribution < 1.29 is 9.53 Å². The zero-order valence-electron chi connectivity index (χ0n) is 9.84. The number of aromatic nitrogens is 1. The Balaban J connectivity index is 2.25. The van der Waals surface area contributed by atoms with Crippen LogP contribution < -0.4 is 11.1 Å². The number of thiazole rings is 1. The molecular weight excluding hydrogens is 250 g/mol. The van der Waals surface area contributed by atoms with Crippen molar-refractivity contribution in [2.75, 3.05) is 12.4 Å². The molecule has 6 heteroatoms. The number of methoxy groups -OCH3 is 1. The molecule has 1 heterocycles. The molecule has 0 spiro atoms. The summed E-state index contributed by atoms with van der Waals surface area (Å²) in [5.74, 6) is -0.381. The summed E-state index contributed by atoms with van der Waals surface area (Å²) in [5.41, 5.74) is 6.67. The van der Waals surface area contributed by atoms with E-state index in [1.54, 1.807) is 24.4 Å². The number of rotatable bonds is 4. The molecule has 0 aliphatic rings. The van der Waals surface area contributed by atoms with Gasteiger partial charge in [-0.25, -0.2) is 9.78 Å². The molecule has 0 saturated heterocycles. The number of anilines is 2. The number of carbonyl (C=O) groups excluding carboxylic acids is 1. The molecule has 0 atom stereocenters. The second kappa shape index (κ2) is 5.61. The highest BCUT2D eigenvalue weighted by molar-refractivity contribution is 7.15. The Morgan fingerprint density at radius 2 is 2.28 bits per heavy atom. The van der Waals surface area contributed by atoms with Gasteiger partial charge in [0.05, 0.1) is 18.4 Å². The quantitative estimate of drug-likeness (QED) is 0.826. The first-order valence-electron chi connectivity index (χ1n) is 5.33. The predicted octanol–water partition coefficient (Wildman–Crippen LogP) is 2.13. The van der Waals surface area contributed by atoms with Crippen molar-refractivity contribution in [2.45, 2.75) is 6.54 Å². The Labute approximate surface area is 109 Å². The summed E-state index contributed by atoms with van der Waals surface area (Å²) >= 11 is 1.46. The highest BCUT2D eigenvalue weighted by atomic mass is 32.1. The summed E-state index contributed by atoms with van der Waals surface area (Å²) in [5, 5.41) is 3.79. The van der Waals surface area contributed by atoms with Crippen LogP contribution >= 0.6 is 11.3 Å². The van der Waals surface area contributed by atoms with Gasteiger partial charge in [0.25, 0.3) is 0 Å². The minimum Gasteiger partial charge on any atom is -0.465 e. The van der Waals surface area contributed by atoms with E-state index in [4.69, 9.17) is 10.5 Å². The van der Waals surface area contributed by atoms with E-state index in [2.05, 4.69) is 10.3 Å². The van der Waals surface area contributed by atoms with Crippen LogP contribution in [0.2, 0.25) is 0 Å². The number of benzene rings is 1. The topological polar surface area (TPSA) is 77.2 Å². The van der Waals surface area contributed by atoms with Crippen molar-refractivity contribution in [3.63, 3.8) is 0 Å². The molecule has 1 aromatic carbocycles. The van der Waals surface area contributed by atoms with Gasteiger partial charge in [0.15, 0.2) is 5.13 Å². The number of ether oxygens (including phenoxy) is 1. The average molecular weight is 263 g/mol. The Hall–Kier alpha value is -1.92. The molecule has 0 unspecified atom stereocenters. The molecule has 0 fully saturated rings. The van der Waals surface area contributed by atoms with Crippen LogP contribution in [0.4, 0.5) is 10.8 Å². The van der Waals surface area contributed by atoms with E-state index in [1.165, 1.54) is 18.4 Å². The molecule has 0 radical (unpaired) electrons. The second-order valence-electron chi connectivity index (χ2n) is 3.50. The van der Waals surface area contributed by atoms with Crippen molar-refractivity contribution in [3.8, 4) is 0 Å². The van der Waals surface area contributed by atoms with Crippen molar-refractivity contribution in [1.29, 1.82) is 0 Å². The highest BCUT2D eigenvalue weighted by Crippen LogP contribution is 2.25. The number of nitrogens with zero attached hydrogens (tertiary/aromatic N) is 1. The van der Waals surface area contributed by atoms with E-state index in [0.717, 1.165) is 4.88 Å². The van der Waals surface area contributed by atoms with E-state index in [1.807, 2.05) is 6.07 Å². The van der Waals surface area contributed by atoms with Crippen LogP contribution in [-0.4, -0.2) is 18.1 Å². The van der Waals surface area contributed by atoms with Crippen LogP contribution in [0.15, 0.2) is 30.5 Å².